The van der Waals surface area contributed by atoms with Crippen molar-refractivity contribution < 1.29 is 22.7 Å². The number of carbonyl (C=O) groups is 1. The number of rotatable bonds is 11. The molecule has 0 saturated carbocycles. The fourth-order valence-corrected chi connectivity index (χ4v) is 5.44. The third-order valence-electron chi connectivity index (χ3n) is 4.77. The van der Waals surface area contributed by atoms with Crippen LogP contribution in [0.1, 0.15) is 11.4 Å². The van der Waals surface area contributed by atoms with Gasteiger partial charge in [0.25, 0.3) is 10.0 Å². The molecule has 1 aromatic heterocycles. The molecule has 0 aliphatic rings. The maximum absolute atomic E-state index is 13.7. The van der Waals surface area contributed by atoms with Crippen molar-refractivity contribution in [2.75, 3.05) is 37.4 Å². The molecule has 0 spiro atoms. The van der Waals surface area contributed by atoms with Crippen LogP contribution in [0.5, 0.6) is 11.5 Å². The number of nitrogens with one attached hydrogen (secondary N) is 2. The summed E-state index contributed by atoms with van der Waals surface area (Å²) in [4.78, 5) is 16.9. The average Bonchev–Trinajstić information content (AvgIpc) is 3.25. The zero-order valence-corrected chi connectivity index (χ0v) is 21.0. The predicted octanol–water partition coefficient (Wildman–Crippen LogP) is 2.54. The Morgan fingerprint density at radius 3 is 2.47 bits per heavy atom. The van der Waals surface area contributed by atoms with Crippen LogP contribution >= 0.6 is 11.8 Å². The van der Waals surface area contributed by atoms with E-state index in [0.717, 1.165) is 9.87 Å². The lowest BCUT2D eigenvalue weighted by Gasteiger charge is -2.25. The van der Waals surface area contributed by atoms with Gasteiger partial charge >= 0.3 is 0 Å². The summed E-state index contributed by atoms with van der Waals surface area (Å²) < 4.78 is 38.9. The largest absolute Gasteiger partial charge is 0.497 e. The van der Waals surface area contributed by atoms with E-state index in [1.165, 1.54) is 32.0 Å². The molecule has 2 aromatic carbocycles. The molecule has 12 heteroatoms. The van der Waals surface area contributed by atoms with Crippen LogP contribution in [0.3, 0.4) is 0 Å². The molecule has 3 aromatic rings. The minimum atomic E-state index is -4.13. The van der Waals surface area contributed by atoms with Crippen molar-refractivity contribution in [3.63, 3.8) is 0 Å². The van der Waals surface area contributed by atoms with Crippen molar-refractivity contribution in [3.8, 4) is 11.5 Å². The smallest absolute Gasteiger partial charge is 0.268 e. The number of benzene rings is 2. The van der Waals surface area contributed by atoms with E-state index in [0.29, 0.717) is 34.7 Å². The zero-order chi connectivity index (χ0) is 24.7. The van der Waals surface area contributed by atoms with Crippen molar-refractivity contribution in [3.05, 3.63) is 53.9 Å². The fraction of sp³-hybridized carbons (Fsp3) is 0.318. The topological polar surface area (TPSA) is 127 Å². The Kier molecular flexibility index (Phi) is 8.40. The molecule has 2 N–H and O–H groups in total. The summed E-state index contributed by atoms with van der Waals surface area (Å²) >= 11 is 1.38. The van der Waals surface area contributed by atoms with Crippen LogP contribution < -0.4 is 19.1 Å². The van der Waals surface area contributed by atoms with E-state index in [9.17, 15) is 13.2 Å². The Morgan fingerprint density at radius 2 is 1.85 bits per heavy atom. The number of nitrogens with zero attached hydrogens (tertiary/aromatic N) is 3. The highest BCUT2D eigenvalue weighted by Gasteiger charge is 2.30. The van der Waals surface area contributed by atoms with Gasteiger partial charge in [-0.2, -0.15) is 0 Å². The molecule has 0 bridgehead atoms. The minimum Gasteiger partial charge on any atom is -0.497 e. The van der Waals surface area contributed by atoms with Crippen LogP contribution in [0.25, 0.3) is 0 Å². The Bertz CT molecular complexity index is 1230. The van der Waals surface area contributed by atoms with Crippen molar-refractivity contribution in [2.24, 2.45) is 0 Å². The highest BCUT2D eigenvalue weighted by molar-refractivity contribution is 7.99. The first-order valence-electron chi connectivity index (χ1n) is 10.3. The normalized spacial score (nSPS) is 11.2. The van der Waals surface area contributed by atoms with E-state index < -0.39 is 22.5 Å². The molecular formula is C22H27N5O5S2. The molecule has 10 nitrogen and oxygen atoms in total. The Labute approximate surface area is 203 Å². The van der Waals surface area contributed by atoms with Gasteiger partial charge in [0.2, 0.25) is 11.1 Å². The number of hydrogen-bond acceptors (Lipinski definition) is 8. The lowest BCUT2D eigenvalue weighted by atomic mass is 10.2. The summed E-state index contributed by atoms with van der Waals surface area (Å²) in [6.07, 6.45) is 0. The minimum absolute atomic E-state index is 0.0193. The number of aryl methyl sites for hydroxylation is 2. The molecule has 0 saturated heterocycles. The lowest BCUT2D eigenvalue weighted by Crippen LogP contribution is -2.41. The molecule has 0 aliphatic carbocycles. The highest BCUT2D eigenvalue weighted by atomic mass is 32.2. The molecule has 0 radical (unpaired) electrons. The van der Waals surface area contributed by atoms with Crippen LogP contribution in [-0.2, 0) is 14.8 Å². The van der Waals surface area contributed by atoms with Gasteiger partial charge in [-0.15, -0.1) is 5.10 Å². The second-order valence-electron chi connectivity index (χ2n) is 7.27. The van der Waals surface area contributed by atoms with Crippen molar-refractivity contribution in [1.82, 2.24) is 20.5 Å². The quantitative estimate of drug-likeness (QED) is 0.301. The Morgan fingerprint density at radius 1 is 1.12 bits per heavy atom. The second-order valence-corrected chi connectivity index (χ2v) is 10.2. The molecule has 1 amide bonds. The highest BCUT2D eigenvalue weighted by Crippen LogP contribution is 2.31. The van der Waals surface area contributed by atoms with E-state index >= 15 is 0 Å². The van der Waals surface area contributed by atoms with Gasteiger partial charge in [0.05, 0.1) is 19.9 Å². The first kappa shape index (κ1) is 25.4. The van der Waals surface area contributed by atoms with Gasteiger partial charge in [-0.05, 0) is 55.8 Å². The summed E-state index contributed by atoms with van der Waals surface area (Å²) in [5.41, 5.74) is 1.07. The summed E-state index contributed by atoms with van der Waals surface area (Å²) in [6, 6.07) is 11.3. The van der Waals surface area contributed by atoms with Gasteiger partial charge in [-0.1, -0.05) is 17.8 Å². The number of methoxy groups -OCH3 is 2. The van der Waals surface area contributed by atoms with Gasteiger partial charge in [0, 0.05) is 12.3 Å². The van der Waals surface area contributed by atoms with Gasteiger partial charge < -0.3 is 14.8 Å². The Hall–Kier alpha value is -3.25. The van der Waals surface area contributed by atoms with Gasteiger partial charge in [0.15, 0.2) is 0 Å². The first-order valence-corrected chi connectivity index (χ1v) is 12.8. The van der Waals surface area contributed by atoms with E-state index in [1.54, 1.807) is 50.2 Å². The number of amides is 1. The maximum Gasteiger partial charge on any atom is 0.268 e. The van der Waals surface area contributed by atoms with Crippen LogP contribution in [0.15, 0.2) is 52.5 Å². The molecule has 182 valence electrons. The summed E-state index contributed by atoms with van der Waals surface area (Å²) in [5.74, 6) is 1.56. The number of ether oxygens (including phenoxy) is 2. The number of carbonyl (C=O) groups excluding carboxylic acids is 1. The monoisotopic (exact) mass is 505 g/mol. The Balaban J connectivity index is 1.80. The predicted molar refractivity (Wildman–Crippen MR) is 130 cm³/mol. The number of hydrogen-bond donors (Lipinski definition) is 2. The molecular weight excluding hydrogens is 478 g/mol. The SMILES string of the molecule is COc1ccc(N(CC(=O)NCCSc2n[nH]c(C)n2)S(=O)(=O)c2cc(C)ccc2OC)cc1. The van der Waals surface area contributed by atoms with E-state index in [-0.39, 0.29) is 10.6 Å². The van der Waals surface area contributed by atoms with Gasteiger partial charge in [-0.25, -0.2) is 13.4 Å². The van der Waals surface area contributed by atoms with Gasteiger partial charge in [-0.3, -0.25) is 14.2 Å². The average molecular weight is 506 g/mol. The van der Waals surface area contributed by atoms with Crippen molar-refractivity contribution >= 4 is 33.4 Å². The first-order chi connectivity index (χ1) is 16.2. The summed E-state index contributed by atoms with van der Waals surface area (Å²) in [7, 11) is -1.20. The van der Waals surface area contributed by atoms with Crippen molar-refractivity contribution in [2.45, 2.75) is 23.9 Å². The molecule has 0 aliphatic heterocycles. The number of aromatic nitrogens is 3. The molecule has 3 rings (SSSR count). The molecule has 0 atom stereocenters. The number of thioether (sulfide) groups is 1. The number of aromatic amines is 1. The maximum atomic E-state index is 13.7. The number of anilines is 1. The zero-order valence-electron chi connectivity index (χ0n) is 19.4. The van der Waals surface area contributed by atoms with Crippen LogP contribution in [0.2, 0.25) is 0 Å². The lowest BCUT2D eigenvalue weighted by molar-refractivity contribution is -0.119. The third kappa shape index (κ3) is 6.20. The fourth-order valence-electron chi connectivity index (χ4n) is 3.07. The van der Waals surface area contributed by atoms with Crippen LogP contribution in [0, 0.1) is 13.8 Å². The summed E-state index contributed by atoms with van der Waals surface area (Å²) in [5, 5.41) is 10.1. The number of H-pyrrole nitrogens is 1. The second kappa shape index (κ2) is 11.3. The van der Waals surface area contributed by atoms with E-state index in [1.807, 2.05) is 0 Å². The van der Waals surface area contributed by atoms with Crippen molar-refractivity contribution in [1.29, 1.82) is 0 Å². The third-order valence-corrected chi connectivity index (χ3v) is 7.41. The molecule has 0 unspecified atom stereocenters. The molecule has 1 heterocycles. The summed E-state index contributed by atoms with van der Waals surface area (Å²) in [6.45, 7) is 3.50. The van der Waals surface area contributed by atoms with Gasteiger partial charge in [0.1, 0.15) is 28.8 Å². The van der Waals surface area contributed by atoms with Crippen LogP contribution in [0.4, 0.5) is 5.69 Å². The van der Waals surface area contributed by atoms with E-state index in [4.69, 9.17) is 9.47 Å². The molecule has 34 heavy (non-hydrogen) atoms. The van der Waals surface area contributed by atoms with E-state index in [2.05, 4.69) is 20.5 Å². The standard InChI is InChI=1S/C22H27N5O5S2/c1-15-5-10-19(32-4)20(13-15)34(29,30)27(17-6-8-18(31-3)9-7-17)14-21(28)23-11-12-33-22-24-16(2)25-26-22/h5-10,13H,11-12,14H2,1-4H3,(H,23,28)(H,24,25,26). The molecule has 0 fully saturated rings. The number of sulfonamides is 1. The van der Waals surface area contributed by atoms with Crippen LogP contribution in [-0.4, -0.2) is 62.6 Å².